The molecule has 3 aromatic rings. The lowest BCUT2D eigenvalue weighted by Gasteiger charge is -2.31. The van der Waals surface area contributed by atoms with E-state index in [0.29, 0.717) is 22.3 Å². The smallest absolute Gasteiger partial charge is 0.342 e. The van der Waals surface area contributed by atoms with E-state index < -0.39 is 11.4 Å². The average molecular weight is 506 g/mol. The number of hydrogen-bond acceptors (Lipinski definition) is 7. The lowest BCUT2D eigenvalue weighted by molar-refractivity contribution is -0.131. The molecule has 3 N–H and O–H groups in total. The molecule has 1 aliphatic carbocycles. The fourth-order valence-corrected chi connectivity index (χ4v) is 4.85. The predicted molar refractivity (Wildman–Crippen MR) is 143 cm³/mol. The molecule has 0 fully saturated rings. The van der Waals surface area contributed by atoms with E-state index in [1.54, 1.807) is 27.0 Å². The van der Waals surface area contributed by atoms with Gasteiger partial charge < -0.3 is 25.3 Å². The SMILES string of the molecule is CCOC(=O)c1c(C)nc2cccc(OCC(C)(C)C(=O)NC3CCCc4c(OC)cccc43)c2c1N. The van der Waals surface area contributed by atoms with Crippen molar-refractivity contribution in [2.75, 3.05) is 26.1 Å². The number of hydrogen-bond donors (Lipinski definition) is 2. The Morgan fingerprint density at radius 1 is 1.16 bits per heavy atom. The molecule has 0 bridgehead atoms. The molecule has 2 aromatic carbocycles. The van der Waals surface area contributed by atoms with Crippen LogP contribution >= 0.6 is 0 Å². The van der Waals surface area contributed by atoms with Crippen LogP contribution in [0.4, 0.5) is 5.69 Å². The molecule has 0 aliphatic heterocycles. The zero-order chi connectivity index (χ0) is 26.7. The van der Waals surface area contributed by atoms with Crippen molar-refractivity contribution >= 4 is 28.5 Å². The number of anilines is 1. The number of nitrogens with zero attached hydrogens (tertiary/aromatic N) is 1. The molecule has 196 valence electrons. The minimum absolute atomic E-state index is 0.0851. The standard InChI is InChI=1S/C29H35N3O5/c1-6-36-27(33)24-17(2)31-21-13-9-15-23(25(21)26(24)30)37-16-29(3,4)28(34)32-20-12-7-11-19-18(20)10-8-14-22(19)35-5/h8-10,13-15,20H,6-7,11-12,16H2,1-5H3,(H2,30,31)(H,32,34). The van der Waals surface area contributed by atoms with Gasteiger partial charge in [0, 0.05) is 0 Å². The second-order valence-electron chi connectivity index (χ2n) is 9.98. The van der Waals surface area contributed by atoms with Crippen molar-refractivity contribution in [2.45, 2.75) is 53.0 Å². The first-order valence-electron chi connectivity index (χ1n) is 12.6. The number of benzene rings is 2. The van der Waals surface area contributed by atoms with Gasteiger partial charge in [-0.3, -0.25) is 9.78 Å². The van der Waals surface area contributed by atoms with E-state index in [1.165, 1.54) is 0 Å². The van der Waals surface area contributed by atoms with Gasteiger partial charge in [-0.2, -0.15) is 0 Å². The molecular formula is C29H35N3O5. The van der Waals surface area contributed by atoms with Crippen molar-refractivity contribution in [3.8, 4) is 11.5 Å². The fraction of sp³-hybridized carbons (Fsp3) is 0.414. The number of carbonyl (C=O) groups is 2. The van der Waals surface area contributed by atoms with Crippen LogP contribution < -0.4 is 20.5 Å². The summed E-state index contributed by atoms with van der Waals surface area (Å²) in [4.78, 5) is 30.5. The number of aromatic nitrogens is 1. The molecule has 8 nitrogen and oxygen atoms in total. The monoisotopic (exact) mass is 505 g/mol. The molecule has 4 rings (SSSR count). The lowest BCUT2D eigenvalue weighted by atomic mass is 9.85. The normalized spacial score (nSPS) is 15.1. The van der Waals surface area contributed by atoms with E-state index in [1.807, 2.05) is 38.1 Å². The van der Waals surface area contributed by atoms with E-state index in [2.05, 4.69) is 16.4 Å². The summed E-state index contributed by atoms with van der Waals surface area (Å²) in [5.74, 6) is 0.689. The number of nitrogens with one attached hydrogen (secondary N) is 1. The highest BCUT2D eigenvalue weighted by Gasteiger charge is 2.33. The molecule has 0 saturated carbocycles. The average Bonchev–Trinajstić information content (AvgIpc) is 2.87. The summed E-state index contributed by atoms with van der Waals surface area (Å²) < 4.78 is 16.9. The van der Waals surface area contributed by atoms with Crippen molar-refractivity contribution in [3.63, 3.8) is 0 Å². The van der Waals surface area contributed by atoms with Crippen LogP contribution in [0.2, 0.25) is 0 Å². The van der Waals surface area contributed by atoms with Crippen molar-refractivity contribution in [3.05, 3.63) is 58.8 Å². The van der Waals surface area contributed by atoms with E-state index in [4.69, 9.17) is 19.9 Å². The molecule has 1 atom stereocenters. The number of pyridine rings is 1. The Morgan fingerprint density at radius 3 is 2.62 bits per heavy atom. The van der Waals surface area contributed by atoms with E-state index >= 15 is 0 Å². The maximum Gasteiger partial charge on any atom is 0.342 e. The highest BCUT2D eigenvalue weighted by atomic mass is 16.5. The number of methoxy groups -OCH3 is 1. The highest BCUT2D eigenvalue weighted by molar-refractivity contribution is 6.07. The van der Waals surface area contributed by atoms with E-state index in [0.717, 1.165) is 36.1 Å². The van der Waals surface area contributed by atoms with E-state index in [-0.39, 0.29) is 36.4 Å². The predicted octanol–water partition coefficient (Wildman–Crippen LogP) is 4.91. The third-order valence-corrected chi connectivity index (χ3v) is 6.87. The van der Waals surface area contributed by atoms with Crippen LogP contribution in [0.3, 0.4) is 0 Å². The van der Waals surface area contributed by atoms with Crippen molar-refractivity contribution < 1.29 is 23.8 Å². The summed E-state index contributed by atoms with van der Waals surface area (Å²) in [6, 6.07) is 11.3. The number of fused-ring (bicyclic) bond motifs is 2. The van der Waals surface area contributed by atoms with Crippen molar-refractivity contribution in [2.24, 2.45) is 5.41 Å². The summed E-state index contributed by atoms with van der Waals surface area (Å²) in [6.45, 7) is 7.49. The zero-order valence-electron chi connectivity index (χ0n) is 22.1. The number of esters is 1. The van der Waals surface area contributed by atoms with E-state index in [9.17, 15) is 9.59 Å². The minimum atomic E-state index is -0.838. The zero-order valence-corrected chi connectivity index (χ0v) is 22.1. The second kappa shape index (κ2) is 10.7. The van der Waals surface area contributed by atoms with Crippen LogP contribution in [0.5, 0.6) is 11.5 Å². The van der Waals surface area contributed by atoms with Crippen molar-refractivity contribution in [1.82, 2.24) is 10.3 Å². The molecule has 1 amide bonds. The van der Waals surface area contributed by atoms with Crippen LogP contribution in [0.25, 0.3) is 10.9 Å². The topological polar surface area (TPSA) is 113 Å². The Balaban J connectivity index is 1.55. The Labute approximate surface area is 217 Å². The quantitative estimate of drug-likeness (QED) is 0.418. The van der Waals surface area contributed by atoms with Gasteiger partial charge in [0.1, 0.15) is 23.7 Å². The number of nitrogens with two attached hydrogens (primary N) is 1. The molecule has 8 heteroatoms. The van der Waals surface area contributed by atoms with Gasteiger partial charge in [-0.05, 0) is 76.3 Å². The van der Waals surface area contributed by atoms with Gasteiger partial charge in [0.2, 0.25) is 5.91 Å². The molecule has 1 aromatic heterocycles. The summed E-state index contributed by atoms with van der Waals surface area (Å²) in [5, 5.41) is 3.75. The fourth-order valence-electron chi connectivity index (χ4n) is 4.85. The number of ether oxygens (including phenoxy) is 3. The van der Waals surface area contributed by atoms with Gasteiger partial charge >= 0.3 is 5.97 Å². The molecule has 1 unspecified atom stereocenters. The molecule has 1 heterocycles. The molecule has 37 heavy (non-hydrogen) atoms. The Morgan fingerprint density at radius 2 is 1.89 bits per heavy atom. The van der Waals surface area contributed by atoms with Crippen LogP contribution in [-0.2, 0) is 16.0 Å². The number of carbonyl (C=O) groups excluding carboxylic acids is 2. The number of amides is 1. The van der Waals surface area contributed by atoms with Crippen LogP contribution in [0, 0.1) is 12.3 Å². The minimum Gasteiger partial charge on any atom is -0.496 e. The Kier molecular flexibility index (Phi) is 7.57. The first kappa shape index (κ1) is 26.3. The van der Waals surface area contributed by atoms with Gasteiger partial charge in [0.05, 0.1) is 47.5 Å². The summed E-state index contributed by atoms with van der Waals surface area (Å²) >= 11 is 0. The summed E-state index contributed by atoms with van der Waals surface area (Å²) in [5.41, 5.74) is 9.44. The summed E-state index contributed by atoms with van der Waals surface area (Å²) in [7, 11) is 1.67. The molecule has 1 aliphatic rings. The van der Waals surface area contributed by atoms with Gasteiger partial charge in [-0.1, -0.05) is 18.2 Å². The lowest BCUT2D eigenvalue weighted by Crippen LogP contribution is -2.43. The second-order valence-corrected chi connectivity index (χ2v) is 9.98. The first-order valence-corrected chi connectivity index (χ1v) is 12.6. The maximum absolute atomic E-state index is 13.4. The Bertz CT molecular complexity index is 1330. The van der Waals surface area contributed by atoms with Crippen LogP contribution in [0.1, 0.15) is 66.8 Å². The largest absolute Gasteiger partial charge is 0.496 e. The summed E-state index contributed by atoms with van der Waals surface area (Å²) in [6.07, 6.45) is 2.77. The van der Waals surface area contributed by atoms with Gasteiger partial charge in [-0.25, -0.2) is 4.79 Å². The number of nitrogen functional groups attached to an aromatic ring is 1. The molecule has 0 radical (unpaired) electrons. The van der Waals surface area contributed by atoms with Gasteiger partial charge in [-0.15, -0.1) is 0 Å². The van der Waals surface area contributed by atoms with Gasteiger partial charge in [0.15, 0.2) is 0 Å². The van der Waals surface area contributed by atoms with Crippen LogP contribution in [0.15, 0.2) is 36.4 Å². The third-order valence-electron chi connectivity index (χ3n) is 6.87. The number of aryl methyl sites for hydroxylation is 1. The molecule has 0 spiro atoms. The Hall–Kier alpha value is -3.81. The van der Waals surface area contributed by atoms with Gasteiger partial charge in [0.25, 0.3) is 0 Å². The highest BCUT2D eigenvalue weighted by Crippen LogP contribution is 2.37. The molecular weight excluding hydrogens is 470 g/mol. The number of rotatable bonds is 8. The van der Waals surface area contributed by atoms with Crippen molar-refractivity contribution in [1.29, 1.82) is 0 Å². The third kappa shape index (κ3) is 5.19. The maximum atomic E-state index is 13.4. The molecule has 0 saturated heterocycles. The first-order chi connectivity index (χ1) is 17.7. The van der Waals surface area contributed by atoms with Crippen LogP contribution in [-0.4, -0.2) is 37.2 Å².